The number of benzene rings is 3. The summed E-state index contributed by atoms with van der Waals surface area (Å²) in [5.41, 5.74) is 2.59. The molecule has 2 heterocycles. The summed E-state index contributed by atoms with van der Waals surface area (Å²) in [5, 5.41) is 19.9. The van der Waals surface area contributed by atoms with Gasteiger partial charge in [0.05, 0.1) is 22.0 Å². The average molecular weight is 704 g/mol. The van der Waals surface area contributed by atoms with Gasteiger partial charge in [0, 0.05) is 50.9 Å². The van der Waals surface area contributed by atoms with E-state index in [2.05, 4.69) is 51.7 Å². The molecule has 0 spiro atoms. The second-order valence-corrected chi connectivity index (χ2v) is 15.0. The number of aromatic amines is 1. The van der Waals surface area contributed by atoms with E-state index < -0.39 is 9.84 Å². The molecule has 0 bridgehead atoms. The van der Waals surface area contributed by atoms with Gasteiger partial charge in [0.15, 0.2) is 15.7 Å². The second kappa shape index (κ2) is 16.2. The van der Waals surface area contributed by atoms with Gasteiger partial charge >= 0.3 is 0 Å². The number of rotatable bonds is 13. The van der Waals surface area contributed by atoms with Crippen molar-refractivity contribution in [2.24, 2.45) is 0 Å². The van der Waals surface area contributed by atoms with Crippen LogP contribution in [0, 0.1) is 0 Å². The Morgan fingerprint density at radius 1 is 1.02 bits per heavy atom. The van der Waals surface area contributed by atoms with Crippen LogP contribution in [0.1, 0.15) is 59.6 Å². The maximum absolute atomic E-state index is 13.4. The van der Waals surface area contributed by atoms with E-state index in [-0.39, 0.29) is 64.7 Å². The number of amides is 1. The molecule has 1 radical (unpaired) electrons. The number of hydrogen-bond donors (Lipinski definition) is 2. The number of aryl methyl sites for hydroxylation is 1. The third kappa shape index (κ3) is 10.3. The molecule has 47 heavy (non-hydrogen) atoms. The fraction of sp³-hybridized carbons (Fsp3) is 0.281. The summed E-state index contributed by atoms with van der Waals surface area (Å²) in [5.74, 6) is 0.924. The molecule has 0 aliphatic heterocycles. The fourth-order valence-corrected chi connectivity index (χ4v) is 6.73. The molecular weight excluding hydrogens is 671 g/mol. The maximum atomic E-state index is 13.4. The Balaban J connectivity index is 0.00000500. The van der Waals surface area contributed by atoms with Crippen molar-refractivity contribution in [2.45, 2.75) is 57.1 Å². The average Bonchev–Trinajstić information content (AvgIpc) is 3.73. The first-order chi connectivity index (χ1) is 22.0. The summed E-state index contributed by atoms with van der Waals surface area (Å²) < 4.78 is 37.5. The monoisotopic (exact) mass is 703 g/mol. The largest absolute Gasteiger partial charge is 0.486 e. The van der Waals surface area contributed by atoms with Crippen molar-refractivity contribution >= 4 is 73.9 Å². The number of sulfone groups is 1. The third-order valence-electron chi connectivity index (χ3n) is 6.88. The molecule has 0 saturated carbocycles. The van der Waals surface area contributed by atoms with Gasteiger partial charge in [0.2, 0.25) is 0 Å². The number of nitrogens with one attached hydrogen (secondary N) is 2. The predicted molar refractivity (Wildman–Crippen MR) is 182 cm³/mol. The summed E-state index contributed by atoms with van der Waals surface area (Å²) in [7, 11) is -3.48. The molecule has 2 aromatic heterocycles. The van der Waals surface area contributed by atoms with Crippen LogP contribution in [0.5, 0.6) is 11.5 Å². The van der Waals surface area contributed by atoms with E-state index in [4.69, 9.17) is 21.1 Å². The van der Waals surface area contributed by atoms with Gasteiger partial charge in [-0.3, -0.25) is 4.79 Å². The normalized spacial score (nSPS) is 11.5. The smallest absolute Gasteiger partial charge is 0.255 e. The standard InChI is InChI=1S/C32H33ClN6O5S2.Na/c1-32(2,3)28-20-45-30(35-28)19-43-24-8-4-7-22(17-24)31(40)34-26-16-21(9-14-27(26)44-18-29-36-38-39-37-29)6-5-15-46(41,42)25-12-10-23(33)11-13-25;/h4,7-14,16-17,20H,5-6,15,18-19H2,1-3H3,(H,34,40)(H,36,37,38,39);. The molecule has 5 rings (SSSR count). The van der Waals surface area contributed by atoms with E-state index in [1.807, 2.05) is 11.4 Å². The fourth-order valence-electron chi connectivity index (χ4n) is 4.36. The second-order valence-electron chi connectivity index (χ2n) is 11.5. The molecule has 2 N–H and O–H groups in total. The molecule has 0 aliphatic rings. The van der Waals surface area contributed by atoms with Gasteiger partial charge < -0.3 is 14.8 Å². The molecule has 11 nitrogen and oxygen atoms in total. The Morgan fingerprint density at radius 2 is 1.81 bits per heavy atom. The number of hydrogen-bond acceptors (Lipinski definition) is 10. The minimum Gasteiger partial charge on any atom is -0.486 e. The molecule has 1 amide bonds. The zero-order valence-corrected chi connectivity index (χ0v) is 30.9. The molecule has 15 heteroatoms. The third-order valence-corrected chi connectivity index (χ3v) is 9.77. The summed E-state index contributed by atoms with van der Waals surface area (Å²) in [4.78, 5) is 18.3. The zero-order chi connectivity index (χ0) is 32.7. The van der Waals surface area contributed by atoms with Crippen molar-refractivity contribution < 1.29 is 22.7 Å². The van der Waals surface area contributed by atoms with Crippen molar-refractivity contribution in [3.05, 3.63) is 105 Å². The molecule has 3 aromatic carbocycles. The van der Waals surface area contributed by atoms with Crippen molar-refractivity contribution in [3.8, 4) is 11.5 Å². The maximum Gasteiger partial charge on any atom is 0.255 e. The molecule has 0 aliphatic carbocycles. The minimum atomic E-state index is -3.48. The van der Waals surface area contributed by atoms with Gasteiger partial charge in [0.1, 0.15) is 29.7 Å². The van der Waals surface area contributed by atoms with Crippen LogP contribution in [0.25, 0.3) is 0 Å². The molecule has 241 valence electrons. The van der Waals surface area contributed by atoms with E-state index in [1.165, 1.54) is 23.5 Å². The van der Waals surface area contributed by atoms with Gasteiger partial charge in [0.25, 0.3) is 5.91 Å². The summed E-state index contributed by atoms with van der Waals surface area (Å²) >= 11 is 7.44. The van der Waals surface area contributed by atoms with Crippen LogP contribution in [0.15, 0.2) is 77.0 Å². The van der Waals surface area contributed by atoms with Crippen LogP contribution < -0.4 is 14.8 Å². The van der Waals surface area contributed by atoms with Crippen LogP contribution >= 0.6 is 22.9 Å². The van der Waals surface area contributed by atoms with Crippen LogP contribution in [-0.4, -0.2) is 75.2 Å². The van der Waals surface area contributed by atoms with E-state index >= 15 is 0 Å². The van der Waals surface area contributed by atoms with Gasteiger partial charge in [-0.1, -0.05) is 44.5 Å². The number of tetrazole rings is 1. The van der Waals surface area contributed by atoms with E-state index in [0.717, 1.165) is 16.3 Å². The topological polar surface area (TPSA) is 149 Å². The number of carbonyl (C=O) groups excluding carboxylic acids is 1. The molecule has 0 atom stereocenters. The van der Waals surface area contributed by atoms with E-state index in [9.17, 15) is 13.2 Å². The van der Waals surface area contributed by atoms with Crippen LogP contribution in [0.3, 0.4) is 0 Å². The first kappa shape index (κ1) is 36.5. The summed E-state index contributed by atoms with van der Waals surface area (Å²) in [6.07, 6.45) is 0.830. The quantitative estimate of drug-likeness (QED) is 0.140. The molecule has 0 fully saturated rings. The van der Waals surface area contributed by atoms with Gasteiger partial charge in [-0.25, -0.2) is 18.5 Å². The molecule has 0 unspecified atom stereocenters. The molecule has 0 saturated heterocycles. The Hall–Kier alpha value is -3.33. The summed E-state index contributed by atoms with van der Waals surface area (Å²) in [6.45, 7) is 6.67. The van der Waals surface area contributed by atoms with Crippen molar-refractivity contribution in [1.82, 2.24) is 25.6 Å². The number of nitrogens with zero attached hydrogens (tertiary/aromatic N) is 4. The summed E-state index contributed by atoms with van der Waals surface area (Å²) in [6, 6.07) is 18.3. The first-order valence-corrected chi connectivity index (χ1v) is 17.3. The number of carbonyl (C=O) groups is 1. The Morgan fingerprint density at radius 3 is 2.51 bits per heavy atom. The number of H-pyrrole nitrogens is 1. The Labute approximate surface area is 304 Å². The van der Waals surface area contributed by atoms with Gasteiger partial charge in [-0.15, -0.1) is 16.4 Å². The zero-order valence-electron chi connectivity index (χ0n) is 26.5. The SMILES string of the molecule is CC(C)(C)c1csc(COc2cccc(C(=O)Nc3cc(CCCS(=O)(=O)c4ccc(Cl)cc4)ccc3OCc3nnn[nH]3)c2)n1.[Na]. The van der Waals surface area contributed by atoms with Gasteiger partial charge in [-0.05, 0) is 83.4 Å². The Bertz CT molecular complexity index is 1900. The Kier molecular flexibility index (Phi) is 12.6. The molecular formula is C32H33ClN6NaO5S2. The number of halogens is 1. The molecule has 5 aromatic rings. The van der Waals surface area contributed by atoms with Crippen molar-refractivity contribution in [2.75, 3.05) is 11.1 Å². The van der Waals surface area contributed by atoms with Crippen molar-refractivity contribution in [3.63, 3.8) is 0 Å². The number of anilines is 1. The van der Waals surface area contributed by atoms with Gasteiger partial charge in [-0.2, -0.15) is 0 Å². The number of thiazole rings is 1. The van der Waals surface area contributed by atoms with Crippen LogP contribution in [0.2, 0.25) is 5.02 Å². The number of ether oxygens (including phenoxy) is 2. The van der Waals surface area contributed by atoms with Crippen LogP contribution in [-0.2, 0) is 34.9 Å². The predicted octanol–water partition coefficient (Wildman–Crippen LogP) is 6.04. The number of aromatic nitrogens is 5. The van der Waals surface area contributed by atoms with E-state index in [0.29, 0.717) is 46.4 Å². The van der Waals surface area contributed by atoms with Crippen LogP contribution in [0.4, 0.5) is 5.69 Å². The van der Waals surface area contributed by atoms with E-state index in [1.54, 1.807) is 48.5 Å². The first-order valence-electron chi connectivity index (χ1n) is 14.4. The minimum absolute atomic E-state index is 0. The van der Waals surface area contributed by atoms with Crippen molar-refractivity contribution in [1.29, 1.82) is 0 Å².